The average Bonchev–Trinajstić information content (AvgIpc) is 2.02. The Morgan fingerprint density at radius 1 is 1.00 bits per heavy atom. The molecule has 0 aliphatic rings. The maximum Gasteiger partial charge on any atom is -0.0327 e. The van der Waals surface area contributed by atoms with Crippen LogP contribution in [0, 0.1) is 5.92 Å². The van der Waals surface area contributed by atoms with E-state index in [0.29, 0.717) is 0 Å². The van der Waals surface area contributed by atoms with Gasteiger partial charge in [-0.2, -0.15) is 0 Å². The van der Waals surface area contributed by atoms with Crippen LogP contribution in [-0.4, -0.2) is 0 Å². The van der Waals surface area contributed by atoms with E-state index in [-0.39, 0.29) is 0 Å². The molecule has 12 heavy (non-hydrogen) atoms. The highest BCUT2D eigenvalue weighted by atomic mass is 13.9. The zero-order valence-electron chi connectivity index (χ0n) is 8.97. The Kier molecular flexibility index (Phi) is 8.64. The highest BCUT2D eigenvalue weighted by Crippen LogP contribution is 2.05. The Morgan fingerprint density at radius 3 is 2.33 bits per heavy atom. The summed E-state index contributed by atoms with van der Waals surface area (Å²) in [4.78, 5) is 0. The molecule has 0 fully saturated rings. The summed E-state index contributed by atoms with van der Waals surface area (Å²) >= 11 is 0. The summed E-state index contributed by atoms with van der Waals surface area (Å²) < 4.78 is 0. The van der Waals surface area contributed by atoms with Crippen LogP contribution < -0.4 is 0 Å². The van der Waals surface area contributed by atoms with Crippen molar-refractivity contribution >= 4 is 0 Å². The standard InChI is InChI=1S/C12H24/c1-4-5-6-7-8-9-10-11-12(2)3/h9-10,12H,4-8,11H2,1-3H3. The third-order valence-corrected chi connectivity index (χ3v) is 2.00. The number of rotatable bonds is 7. The van der Waals surface area contributed by atoms with E-state index in [2.05, 4.69) is 32.9 Å². The molecule has 0 bridgehead atoms. The van der Waals surface area contributed by atoms with Gasteiger partial charge in [0, 0.05) is 0 Å². The molecule has 0 aliphatic carbocycles. The summed E-state index contributed by atoms with van der Waals surface area (Å²) in [5.41, 5.74) is 0. The predicted molar refractivity (Wildman–Crippen MR) is 57.4 cm³/mol. The summed E-state index contributed by atoms with van der Waals surface area (Å²) in [6.45, 7) is 6.79. The van der Waals surface area contributed by atoms with Gasteiger partial charge in [0.15, 0.2) is 0 Å². The Balaban J connectivity index is 3.03. The first-order valence-corrected chi connectivity index (χ1v) is 5.42. The molecular weight excluding hydrogens is 144 g/mol. The van der Waals surface area contributed by atoms with Crippen molar-refractivity contribution in [1.82, 2.24) is 0 Å². The van der Waals surface area contributed by atoms with Crippen molar-refractivity contribution in [2.45, 2.75) is 59.3 Å². The first-order valence-electron chi connectivity index (χ1n) is 5.42. The fraction of sp³-hybridized carbons (Fsp3) is 0.833. The van der Waals surface area contributed by atoms with Crippen molar-refractivity contribution in [1.29, 1.82) is 0 Å². The summed E-state index contributed by atoms with van der Waals surface area (Å²) in [6.07, 6.45) is 12.7. The molecule has 0 heteroatoms. The zero-order chi connectivity index (χ0) is 9.23. The molecule has 0 heterocycles. The van der Waals surface area contributed by atoms with E-state index in [1.54, 1.807) is 0 Å². The summed E-state index contributed by atoms with van der Waals surface area (Å²) in [7, 11) is 0. The Bertz CT molecular complexity index is 101. The molecule has 0 N–H and O–H groups in total. The van der Waals surface area contributed by atoms with Crippen LogP contribution in [-0.2, 0) is 0 Å². The fourth-order valence-corrected chi connectivity index (χ4v) is 1.18. The molecule has 0 aliphatic heterocycles. The van der Waals surface area contributed by atoms with Gasteiger partial charge in [-0.25, -0.2) is 0 Å². The highest BCUT2D eigenvalue weighted by molar-refractivity contribution is 4.82. The first-order chi connectivity index (χ1) is 5.77. The minimum absolute atomic E-state index is 0.817. The quantitative estimate of drug-likeness (QED) is 0.386. The van der Waals surface area contributed by atoms with Gasteiger partial charge in [-0.3, -0.25) is 0 Å². The van der Waals surface area contributed by atoms with E-state index in [0.717, 1.165) is 5.92 Å². The molecule has 0 spiro atoms. The van der Waals surface area contributed by atoms with E-state index in [4.69, 9.17) is 0 Å². The van der Waals surface area contributed by atoms with Crippen LogP contribution in [0.15, 0.2) is 12.2 Å². The molecule has 0 aromatic carbocycles. The third kappa shape index (κ3) is 9.74. The van der Waals surface area contributed by atoms with Crippen LogP contribution in [0.2, 0.25) is 0 Å². The monoisotopic (exact) mass is 168 g/mol. The predicted octanol–water partition coefficient (Wildman–Crippen LogP) is 4.56. The van der Waals surface area contributed by atoms with Gasteiger partial charge in [-0.05, 0) is 25.2 Å². The lowest BCUT2D eigenvalue weighted by molar-refractivity contribution is 0.654. The molecule has 0 saturated carbocycles. The number of hydrogen-bond acceptors (Lipinski definition) is 0. The molecule has 0 unspecified atom stereocenters. The second-order valence-electron chi connectivity index (χ2n) is 3.95. The van der Waals surface area contributed by atoms with Crippen LogP contribution in [0.5, 0.6) is 0 Å². The maximum atomic E-state index is 2.34. The van der Waals surface area contributed by atoms with Crippen molar-refractivity contribution in [3.05, 3.63) is 12.2 Å². The van der Waals surface area contributed by atoms with E-state index in [1.165, 1.54) is 38.5 Å². The number of hydrogen-bond donors (Lipinski definition) is 0. The molecule has 72 valence electrons. The molecule has 0 saturated heterocycles. The number of allylic oxidation sites excluding steroid dienone is 2. The van der Waals surface area contributed by atoms with Gasteiger partial charge in [0.1, 0.15) is 0 Å². The maximum absolute atomic E-state index is 2.34. The summed E-state index contributed by atoms with van der Waals surface area (Å²) in [5.74, 6) is 0.817. The highest BCUT2D eigenvalue weighted by Gasteiger charge is 1.87. The van der Waals surface area contributed by atoms with Crippen LogP contribution in [0.25, 0.3) is 0 Å². The lowest BCUT2D eigenvalue weighted by Crippen LogP contribution is -1.81. The topological polar surface area (TPSA) is 0 Å². The SMILES string of the molecule is CCCCCCC=CCC(C)C. The van der Waals surface area contributed by atoms with Gasteiger partial charge in [0.2, 0.25) is 0 Å². The summed E-state index contributed by atoms with van der Waals surface area (Å²) in [6, 6.07) is 0. The normalized spacial score (nSPS) is 11.7. The van der Waals surface area contributed by atoms with Gasteiger partial charge in [-0.15, -0.1) is 0 Å². The smallest absolute Gasteiger partial charge is 0.0327 e. The Morgan fingerprint density at radius 2 is 1.75 bits per heavy atom. The molecule has 0 aromatic rings. The van der Waals surface area contributed by atoms with Crippen LogP contribution in [0.1, 0.15) is 59.3 Å². The first kappa shape index (κ1) is 11.7. The lowest BCUT2D eigenvalue weighted by atomic mass is 10.1. The Labute approximate surface area is 78.1 Å². The van der Waals surface area contributed by atoms with Crippen LogP contribution >= 0.6 is 0 Å². The molecule has 0 atom stereocenters. The van der Waals surface area contributed by atoms with Crippen LogP contribution in [0.3, 0.4) is 0 Å². The molecule has 0 nitrogen and oxygen atoms in total. The fourth-order valence-electron chi connectivity index (χ4n) is 1.18. The molecule has 0 aromatic heterocycles. The van der Waals surface area contributed by atoms with Gasteiger partial charge in [-0.1, -0.05) is 52.2 Å². The number of unbranched alkanes of at least 4 members (excludes halogenated alkanes) is 4. The van der Waals surface area contributed by atoms with E-state index in [1.807, 2.05) is 0 Å². The van der Waals surface area contributed by atoms with E-state index >= 15 is 0 Å². The van der Waals surface area contributed by atoms with Crippen molar-refractivity contribution in [3.8, 4) is 0 Å². The van der Waals surface area contributed by atoms with Crippen molar-refractivity contribution < 1.29 is 0 Å². The minimum Gasteiger partial charge on any atom is -0.0885 e. The van der Waals surface area contributed by atoms with Gasteiger partial charge in [0.25, 0.3) is 0 Å². The van der Waals surface area contributed by atoms with Crippen molar-refractivity contribution in [2.75, 3.05) is 0 Å². The van der Waals surface area contributed by atoms with E-state index < -0.39 is 0 Å². The van der Waals surface area contributed by atoms with Gasteiger partial charge in [0.05, 0.1) is 0 Å². The lowest BCUT2D eigenvalue weighted by Gasteiger charge is -1.97. The average molecular weight is 168 g/mol. The second kappa shape index (κ2) is 8.83. The minimum atomic E-state index is 0.817. The van der Waals surface area contributed by atoms with E-state index in [9.17, 15) is 0 Å². The summed E-state index contributed by atoms with van der Waals surface area (Å²) in [5, 5.41) is 0. The largest absolute Gasteiger partial charge is 0.0885 e. The van der Waals surface area contributed by atoms with Gasteiger partial charge >= 0.3 is 0 Å². The molecule has 0 rings (SSSR count). The molecular formula is C12H24. The third-order valence-electron chi connectivity index (χ3n) is 2.00. The van der Waals surface area contributed by atoms with Crippen LogP contribution in [0.4, 0.5) is 0 Å². The molecule has 0 amide bonds. The van der Waals surface area contributed by atoms with Crippen molar-refractivity contribution in [3.63, 3.8) is 0 Å². The zero-order valence-corrected chi connectivity index (χ0v) is 8.97. The molecule has 0 radical (unpaired) electrons. The van der Waals surface area contributed by atoms with Crippen molar-refractivity contribution in [2.24, 2.45) is 5.92 Å². The Hall–Kier alpha value is -0.260. The second-order valence-corrected chi connectivity index (χ2v) is 3.95. The van der Waals surface area contributed by atoms with Gasteiger partial charge < -0.3 is 0 Å².